The number of aromatic amines is 1. The third kappa shape index (κ3) is 3.14. The van der Waals surface area contributed by atoms with Crippen molar-refractivity contribution in [2.45, 2.75) is 0 Å². The van der Waals surface area contributed by atoms with Crippen molar-refractivity contribution in [2.75, 3.05) is 0 Å². The van der Waals surface area contributed by atoms with Crippen molar-refractivity contribution >= 4 is 39.6 Å². The van der Waals surface area contributed by atoms with Crippen LogP contribution in [0.5, 0.6) is 0 Å². The van der Waals surface area contributed by atoms with Crippen LogP contribution in [-0.4, -0.2) is 21.0 Å². The number of hydrogen-bond donors (Lipinski definition) is 2. The van der Waals surface area contributed by atoms with Crippen molar-refractivity contribution < 1.29 is 9.90 Å². The molecule has 2 aromatic carbocycles. The topological polar surface area (TPSA) is 83.0 Å². The van der Waals surface area contributed by atoms with Gasteiger partial charge in [0.1, 0.15) is 0 Å². The third-order valence-corrected chi connectivity index (χ3v) is 3.58. The predicted molar refractivity (Wildman–Crippen MR) is 89.5 cm³/mol. The monoisotopic (exact) mass is 326 g/mol. The van der Waals surface area contributed by atoms with Gasteiger partial charge < -0.3 is 10.1 Å². The lowest BCUT2D eigenvalue weighted by atomic mass is 10.1. The van der Waals surface area contributed by atoms with Crippen LogP contribution in [0.1, 0.15) is 21.7 Å². The van der Waals surface area contributed by atoms with Crippen LogP contribution in [0.25, 0.3) is 22.0 Å². The smallest absolute Gasteiger partial charge is 0.335 e. The van der Waals surface area contributed by atoms with Gasteiger partial charge in [0.2, 0.25) is 0 Å². The summed E-state index contributed by atoms with van der Waals surface area (Å²) in [6.45, 7) is 0. The zero-order valence-electron chi connectivity index (χ0n) is 11.8. The van der Waals surface area contributed by atoms with Crippen LogP contribution in [-0.2, 0) is 0 Å². The van der Waals surface area contributed by atoms with Crippen molar-refractivity contribution in [1.82, 2.24) is 9.97 Å². The van der Waals surface area contributed by atoms with Gasteiger partial charge >= 0.3 is 5.97 Å². The number of rotatable bonds is 3. The Morgan fingerprint density at radius 3 is 2.52 bits per heavy atom. The van der Waals surface area contributed by atoms with Gasteiger partial charge in [-0.05, 0) is 35.9 Å². The van der Waals surface area contributed by atoms with Gasteiger partial charge in [0.15, 0.2) is 5.82 Å². The zero-order chi connectivity index (χ0) is 16.4. The molecule has 0 bridgehead atoms. The summed E-state index contributed by atoms with van der Waals surface area (Å²) in [5.74, 6) is -0.732. The summed E-state index contributed by atoms with van der Waals surface area (Å²) >= 11 is 6.23. The van der Waals surface area contributed by atoms with Crippen molar-refractivity contribution in [3.8, 4) is 0 Å². The fraction of sp³-hybridized carbons (Fsp3) is 0. The molecule has 0 amide bonds. The first-order valence-corrected chi connectivity index (χ1v) is 7.12. The van der Waals surface area contributed by atoms with E-state index in [0.717, 1.165) is 0 Å². The largest absolute Gasteiger partial charge is 0.478 e. The molecule has 0 saturated carbocycles. The van der Waals surface area contributed by atoms with Crippen LogP contribution in [0.15, 0.2) is 53.3 Å². The van der Waals surface area contributed by atoms with E-state index in [2.05, 4.69) is 9.97 Å². The second-order valence-electron chi connectivity index (χ2n) is 4.85. The highest BCUT2D eigenvalue weighted by molar-refractivity contribution is 6.50. The van der Waals surface area contributed by atoms with Crippen LogP contribution >= 0.6 is 11.6 Å². The number of aromatic carboxylic acids is 1. The number of carboxylic acids is 1. The van der Waals surface area contributed by atoms with E-state index in [9.17, 15) is 9.59 Å². The van der Waals surface area contributed by atoms with E-state index < -0.39 is 5.97 Å². The van der Waals surface area contributed by atoms with Crippen molar-refractivity contribution in [3.63, 3.8) is 0 Å². The first kappa shape index (κ1) is 15.0. The maximum atomic E-state index is 12.0. The molecular formula is C17H11ClN2O3. The van der Waals surface area contributed by atoms with Gasteiger partial charge in [-0.15, -0.1) is 0 Å². The minimum atomic E-state index is -0.993. The molecule has 0 fully saturated rings. The van der Waals surface area contributed by atoms with Crippen molar-refractivity contribution in [1.29, 1.82) is 0 Å². The Morgan fingerprint density at radius 1 is 1.13 bits per heavy atom. The standard InChI is InChI=1S/C17H11ClN2O3/c18-13(9-10-5-7-11(8-6-10)17(22)23)15-19-14-4-2-1-3-12(14)16(21)20-15/h1-9H,(H,22,23)(H,19,20,21)/b13-9-. The number of nitrogens with one attached hydrogen (secondary N) is 1. The molecule has 0 saturated heterocycles. The molecule has 0 unspecified atom stereocenters. The van der Waals surface area contributed by atoms with E-state index in [1.54, 1.807) is 42.5 Å². The number of hydrogen-bond acceptors (Lipinski definition) is 3. The van der Waals surface area contributed by atoms with Gasteiger partial charge in [0.05, 0.1) is 21.5 Å². The van der Waals surface area contributed by atoms with E-state index in [1.165, 1.54) is 12.1 Å². The molecule has 23 heavy (non-hydrogen) atoms. The summed E-state index contributed by atoms with van der Waals surface area (Å²) in [7, 11) is 0. The molecule has 1 heterocycles. The van der Waals surface area contributed by atoms with Crippen LogP contribution in [0.3, 0.4) is 0 Å². The molecule has 3 aromatic rings. The van der Waals surface area contributed by atoms with Gasteiger partial charge in [-0.25, -0.2) is 9.78 Å². The highest BCUT2D eigenvalue weighted by Gasteiger charge is 2.07. The Morgan fingerprint density at radius 2 is 1.83 bits per heavy atom. The Bertz CT molecular complexity index is 975. The molecule has 2 N–H and O–H groups in total. The Labute approximate surface area is 135 Å². The number of para-hydroxylation sites is 1. The Kier molecular flexibility index (Phi) is 3.95. The molecule has 5 nitrogen and oxygen atoms in total. The Balaban J connectivity index is 2.00. The molecule has 114 valence electrons. The molecule has 0 spiro atoms. The maximum Gasteiger partial charge on any atom is 0.335 e. The van der Waals surface area contributed by atoms with Gasteiger partial charge in [0.25, 0.3) is 5.56 Å². The highest BCUT2D eigenvalue weighted by Crippen LogP contribution is 2.20. The summed E-state index contributed by atoms with van der Waals surface area (Å²) in [4.78, 5) is 29.8. The van der Waals surface area contributed by atoms with Gasteiger partial charge in [-0.3, -0.25) is 4.79 Å². The predicted octanol–water partition coefficient (Wildman–Crippen LogP) is 3.36. The molecular weight excluding hydrogens is 316 g/mol. The fourth-order valence-corrected chi connectivity index (χ4v) is 2.35. The number of carbonyl (C=O) groups is 1. The lowest BCUT2D eigenvalue weighted by molar-refractivity contribution is 0.0697. The molecule has 3 rings (SSSR count). The molecule has 6 heteroatoms. The van der Waals surface area contributed by atoms with Crippen LogP contribution in [0.4, 0.5) is 0 Å². The average Bonchev–Trinajstić information content (AvgIpc) is 2.55. The Hall–Kier alpha value is -2.92. The minimum Gasteiger partial charge on any atom is -0.478 e. The SMILES string of the molecule is O=C(O)c1ccc(/C=C(\Cl)c2nc3ccccc3c(=O)[nH]2)cc1. The number of H-pyrrole nitrogens is 1. The number of halogens is 1. The van der Waals surface area contributed by atoms with E-state index in [1.807, 2.05) is 0 Å². The number of carboxylic acid groups (broad SMARTS) is 1. The summed E-state index contributed by atoms with van der Waals surface area (Å²) in [5, 5.41) is 9.63. The summed E-state index contributed by atoms with van der Waals surface area (Å²) in [5.41, 5.74) is 1.18. The lowest BCUT2D eigenvalue weighted by Crippen LogP contribution is -2.10. The maximum absolute atomic E-state index is 12.0. The van der Waals surface area contributed by atoms with Crippen molar-refractivity contribution in [3.05, 3.63) is 75.8 Å². The number of benzene rings is 2. The van der Waals surface area contributed by atoms with E-state index in [0.29, 0.717) is 16.5 Å². The second-order valence-corrected chi connectivity index (χ2v) is 5.26. The van der Waals surface area contributed by atoms with Gasteiger partial charge in [-0.2, -0.15) is 0 Å². The van der Waals surface area contributed by atoms with E-state index in [4.69, 9.17) is 16.7 Å². The molecule has 0 aliphatic rings. The molecule has 0 atom stereocenters. The highest BCUT2D eigenvalue weighted by atomic mass is 35.5. The molecule has 0 aliphatic carbocycles. The fourth-order valence-electron chi connectivity index (χ4n) is 2.14. The van der Waals surface area contributed by atoms with E-state index >= 15 is 0 Å². The molecule has 0 radical (unpaired) electrons. The molecule has 1 aromatic heterocycles. The zero-order valence-corrected chi connectivity index (χ0v) is 12.5. The summed E-state index contributed by atoms with van der Waals surface area (Å²) in [6, 6.07) is 13.2. The van der Waals surface area contributed by atoms with Crippen LogP contribution in [0, 0.1) is 0 Å². The number of nitrogens with zero attached hydrogens (tertiary/aromatic N) is 1. The summed E-state index contributed by atoms with van der Waals surface area (Å²) < 4.78 is 0. The minimum absolute atomic E-state index is 0.190. The van der Waals surface area contributed by atoms with Crippen LogP contribution < -0.4 is 5.56 Å². The number of aromatic nitrogens is 2. The quantitative estimate of drug-likeness (QED) is 0.773. The van der Waals surface area contributed by atoms with E-state index in [-0.39, 0.29) is 22.0 Å². The number of fused-ring (bicyclic) bond motifs is 1. The first-order chi connectivity index (χ1) is 11.0. The van der Waals surface area contributed by atoms with Gasteiger partial charge in [-0.1, -0.05) is 35.9 Å². The normalized spacial score (nSPS) is 11.6. The third-order valence-electron chi connectivity index (χ3n) is 3.29. The molecule has 0 aliphatic heterocycles. The lowest BCUT2D eigenvalue weighted by Gasteiger charge is -2.02. The van der Waals surface area contributed by atoms with Gasteiger partial charge in [0, 0.05) is 0 Å². The first-order valence-electron chi connectivity index (χ1n) is 6.74. The summed E-state index contributed by atoms with van der Waals surface area (Å²) in [6.07, 6.45) is 1.61. The van der Waals surface area contributed by atoms with Crippen molar-refractivity contribution in [2.24, 2.45) is 0 Å². The average molecular weight is 327 g/mol. The van der Waals surface area contributed by atoms with Crippen LogP contribution in [0.2, 0.25) is 0 Å². The second kappa shape index (κ2) is 6.06.